The molecule has 0 spiro atoms. The molecule has 0 unspecified atom stereocenters. The number of hydrogen-bond acceptors (Lipinski definition) is 2. The number of thiocarbonyl (C=S) groups is 1. The highest BCUT2D eigenvalue weighted by Gasteiger charge is 2.07. The predicted octanol–water partition coefficient (Wildman–Crippen LogP) is 2.78. The summed E-state index contributed by atoms with van der Waals surface area (Å²) in [6, 6.07) is 6.10. The SMILES string of the molecule is CCC(=O)NC(=S)Nc1c(C)cccc1CC. The van der Waals surface area contributed by atoms with Gasteiger partial charge >= 0.3 is 0 Å². The average Bonchev–Trinajstić information content (AvgIpc) is 2.31. The van der Waals surface area contributed by atoms with E-state index < -0.39 is 0 Å². The largest absolute Gasteiger partial charge is 0.332 e. The molecule has 0 fully saturated rings. The van der Waals surface area contributed by atoms with Crippen LogP contribution in [-0.4, -0.2) is 11.0 Å². The van der Waals surface area contributed by atoms with Gasteiger partial charge in [0, 0.05) is 12.1 Å². The monoisotopic (exact) mass is 250 g/mol. The molecule has 92 valence electrons. The van der Waals surface area contributed by atoms with Crippen molar-refractivity contribution in [3.63, 3.8) is 0 Å². The van der Waals surface area contributed by atoms with Crippen LogP contribution in [-0.2, 0) is 11.2 Å². The van der Waals surface area contributed by atoms with Crippen LogP contribution in [0, 0.1) is 6.92 Å². The molecule has 2 N–H and O–H groups in total. The maximum absolute atomic E-state index is 11.2. The summed E-state index contributed by atoms with van der Waals surface area (Å²) in [6.45, 7) is 5.91. The number of para-hydroxylation sites is 1. The van der Waals surface area contributed by atoms with E-state index in [1.165, 1.54) is 5.56 Å². The Morgan fingerprint density at radius 1 is 1.35 bits per heavy atom. The van der Waals surface area contributed by atoms with Crippen LogP contribution in [0.15, 0.2) is 18.2 Å². The van der Waals surface area contributed by atoms with Crippen LogP contribution in [0.3, 0.4) is 0 Å². The quantitative estimate of drug-likeness (QED) is 0.811. The van der Waals surface area contributed by atoms with Crippen LogP contribution in [0.2, 0.25) is 0 Å². The summed E-state index contributed by atoms with van der Waals surface area (Å²) in [5.74, 6) is -0.0749. The van der Waals surface area contributed by atoms with E-state index in [1.807, 2.05) is 19.1 Å². The molecule has 0 atom stereocenters. The van der Waals surface area contributed by atoms with Crippen molar-refractivity contribution < 1.29 is 4.79 Å². The summed E-state index contributed by atoms with van der Waals surface area (Å²) in [5, 5.41) is 6.09. The summed E-state index contributed by atoms with van der Waals surface area (Å²) in [6.07, 6.45) is 1.35. The molecule has 0 aliphatic heterocycles. The maximum Gasteiger partial charge on any atom is 0.225 e. The lowest BCUT2D eigenvalue weighted by atomic mass is 10.1. The van der Waals surface area contributed by atoms with E-state index in [0.717, 1.165) is 17.7 Å². The molecule has 0 saturated carbocycles. The van der Waals surface area contributed by atoms with Crippen LogP contribution < -0.4 is 10.6 Å². The van der Waals surface area contributed by atoms with Crippen LogP contribution in [0.5, 0.6) is 0 Å². The van der Waals surface area contributed by atoms with Crippen molar-refractivity contribution in [3.05, 3.63) is 29.3 Å². The number of amides is 1. The second kappa shape index (κ2) is 6.35. The predicted molar refractivity (Wildman–Crippen MR) is 75.2 cm³/mol. The minimum atomic E-state index is -0.0749. The first-order chi connectivity index (χ1) is 8.08. The number of anilines is 1. The van der Waals surface area contributed by atoms with Crippen molar-refractivity contribution in [1.82, 2.24) is 5.32 Å². The zero-order chi connectivity index (χ0) is 12.8. The van der Waals surface area contributed by atoms with Crippen LogP contribution >= 0.6 is 12.2 Å². The highest BCUT2D eigenvalue weighted by atomic mass is 32.1. The van der Waals surface area contributed by atoms with Gasteiger partial charge in [0.15, 0.2) is 5.11 Å². The van der Waals surface area contributed by atoms with Gasteiger partial charge in [0.25, 0.3) is 0 Å². The molecule has 0 aliphatic rings. The molecule has 4 heteroatoms. The molecule has 1 rings (SSSR count). The molecule has 0 radical (unpaired) electrons. The zero-order valence-corrected chi connectivity index (χ0v) is 11.3. The van der Waals surface area contributed by atoms with Gasteiger partial charge in [0.05, 0.1) is 0 Å². The number of hydrogen-bond donors (Lipinski definition) is 2. The molecule has 1 aromatic rings. The third-order valence-corrected chi connectivity index (χ3v) is 2.76. The standard InChI is InChI=1S/C13H18N2OS/c1-4-10-8-6-7-9(3)12(10)15-13(17)14-11(16)5-2/h6-8H,4-5H2,1-3H3,(H2,14,15,16,17). The van der Waals surface area contributed by atoms with E-state index in [9.17, 15) is 4.79 Å². The Labute approximate surface area is 108 Å². The second-order valence-electron chi connectivity index (χ2n) is 3.82. The summed E-state index contributed by atoms with van der Waals surface area (Å²) in [4.78, 5) is 11.2. The first-order valence-corrected chi connectivity index (χ1v) is 6.18. The van der Waals surface area contributed by atoms with Gasteiger partial charge in [-0.15, -0.1) is 0 Å². The lowest BCUT2D eigenvalue weighted by Crippen LogP contribution is -2.34. The van der Waals surface area contributed by atoms with Crippen molar-refractivity contribution in [2.24, 2.45) is 0 Å². The minimum Gasteiger partial charge on any atom is -0.332 e. The molecule has 3 nitrogen and oxygen atoms in total. The molecule has 0 heterocycles. The first-order valence-electron chi connectivity index (χ1n) is 5.77. The highest BCUT2D eigenvalue weighted by molar-refractivity contribution is 7.80. The van der Waals surface area contributed by atoms with Crippen molar-refractivity contribution in [2.75, 3.05) is 5.32 Å². The van der Waals surface area contributed by atoms with Crippen LogP contribution in [0.4, 0.5) is 5.69 Å². The second-order valence-corrected chi connectivity index (χ2v) is 4.23. The Balaban J connectivity index is 2.80. The topological polar surface area (TPSA) is 41.1 Å². The fourth-order valence-electron chi connectivity index (χ4n) is 1.56. The fourth-order valence-corrected chi connectivity index (χ4v) is 1.78. The van der Waals surface area contributed by atoms with E-state index in [4.69, 9.17) is 12.2 Å². The number of carbonyl (C=O) groups is 1. The van der Waals surface area contributed by atoms with Gasteiger partial charge < -0.3 is 10.6 Å². The third kappa shape index (κ3) is 3.82. The van der Waals surface area contributed by atoms with Gasteiger partial charge in [-0.25, -0.2) is 0 Å². The van der Waals surface area contributed by atoms with E-state index >= 15 is 0 Å². The molecule has 1 aromatic carbocycles. The Morgan fingerprint density at radius 3 is 2.65 bits per heavy atom. The number of benzene rings is 1. The smallest absolute Gasteiger partial charge is 0.225 e. The Morgan fingerprint density at radius 2 is 2.06 bits per heavy atom. The molecule has 1 amide bonds. The van der Waals surface area contributed by atoms with Gasteiger partial charge in [-0.3, -0.25) is 4.79 Å². The summed E-state index contributed by atoms with van der Waals surface area (Å²) < 4.78 is 0. The van der Waals surface area contributed by atoms with E-state index in [-0.39, 0.29) is 5.91 Å². The molecular weight excluding hydrogens is 232 g/mol. The Kier molecular flexibility index (Phi) is 5.10. The summed E-state index contributed by atoms with van der Waals surface area (Å²) in [5.41, 5.74) is 3.31. The Hall–Kier alpha value is -1.42. The van der Waals surface area contributed by atoms with Gasteiger partial charge in [0.1, 0.15) is 0 Å². The molecule has 0 aromatic heterocycles. The maximum atomic E-state index is 11.2. The van der Waals surface area contributed by atoms with Crippen molar-refractivity contribution >= 4 is 28.9 Å². The average molecular weight is 250 g/mol. The molecule has 0 aliphatic carbocycles. The third-order valence-electron chi connectivity index (χ3n) is 2.55. The van der Waals surface area contributed by atoms with Crippen molar-refractivity contribution in [1.29, 1.82) is 0 Å². The van der Waals surface area contributed by atoms with Gasteiger partial charge in [-0.2, -0.15) is 0 Å². The Bertz CT molecular complexity index is 429. The van der Waals surface area contributed by atoms with E-state index in [0.29, 0.717) is 11.5 Å². The van der Waals surface area contributed by atoms with Gasteiger partial charge in [0.2, 0.25) is 5.91 Å². The molecular formula is C13H18N2OS. The van der Waals surface area contributed by atoms with Crippen molar-refractivity contribution in [3.8, 4) is 0 Å². The lowest BCUT2D eigenvalue weighted by molar-refractivity contribution is -0.119. The normalized spacial score (nSPS) is 9.82. The minimum absolute atomic E-state index is 0.0749. The number of rotatable bonds is 3. The summed E-state index contributed by atoms with van der Waals surface area (Å²) in [7, 11) is 0. The van der Waals surface area contributed by atoms with Gasteiger partial charge in [-0.1, -0.05) is 32.0 Å². The van der Waals surface area contributed by atoms with Crippen LogP contribution in [0.1, 0.15) is 31.4 Å². The number of nitrogens with one attached hydrogen (secondary N) is 2. The van der Waals surface area contributed by atoms with Crippen LogP contribution in [0.25, 0.3) is 0 Å². The number of carbonyl (C=O) groups excluding carboxylic acids is 1. The molecule has 0 saturated heterocycles. The highest BCUT2D eigenvalue weighted by Crippen LogP contribution is 2.20. The summed E-state index contributed by atoms with van der Waals surface area (Å²) >= 11 is 5.10. The van der Waals surface area contributed by atoms with E-state index in [1.54, 1.807) is 6.92 Å². The molecule has 17 heavy (non-hydrogen) atoms. The molecule has 0 bridgehead atoms. The number of aryl methyl sites for hydroxylation is 2. The van der Waals surface area contributed by atoms with E-state index in [2.05, 4.69) is 23.6 Å². The lowest BCUT2D eigenvalue weighted by Gasteiger charge is -2.14. The first kappa shape index (κ1) is 13.6. The zero-order valence-electron chi connectivity index (χ0n) is 10.5. The fraction of sp³-hybridized carbons (Fsp3) is 0.385. The van der Waals surface area contributed by atoms with Gasteiger partial charge in [-0.05, 0) is 36.7 Å². The van der Waals surface area contributed by atoms with Crippen molar-refractivity contribution in [2.45, 2.75) is 33.6 Å².